The van der Waals surface area contributed by atoms with Gasteiger partial charge in [-0.15, -0.1) is 0 Å². The van der Waals surface area contributed by atoms with Crippen LogP contribution < -0.4 is 10.3 Å². The van der Waals surface area contributed by atoms with Crippen molar-refractivity contribution < 1.29 is 9.84 Å². The fraction of sp³-hybridized carbons (Fsp3) is 0.0556. The lowest BCUT2D eigenvalue weighted by molar-refractivity contribution is 0.415. The van der Waals surface area contributed by atoms with Crippen molar-refractivity contribution in [3.63, 3.8) is 0 Å². The summed E-state index contributed by atoms with van der Waals surface area (Å²) in [6.45, 7) is 0. The van der Waals surface area contributed by atoms with Crippen LogP contribution in [0.25, 0.3) is 22.4 Å². The molecule has 2 aromatic carbocycles. The molecule has 0 aliphatic carbocycles. The second kappa shape index (κ2) is 5.77. The molecule has 0 amide bonds. The van der Waals surface area contributed by atoms with Crippen LogP contribution in [0.2, 0.25) is 0 Å². The van der Waals surface area contributed by atoms with E-state index in [9.17, 15) is 9.90 Å². The quantitative estimate of drug-likeness (QED) is 0.777. The van der Waals surface area contributed by atoms with E-state index in [0.29, 0.717) is 11.3 Å². The number of H-pyrrole nitrogens is 1. The monoisotopic (exact) mass is 293 g/mol. The van der Waals surface area contributed by atoms with Gasteiger partial charge in [0.25, 0.3) is 5.56 Å². The van der Waals surface area contributed by atoms with Crippen molar-refractivity contribution in [1.29, 1.82) is 0 Å². The van der Waals surface area contributed by atoms with Crippen LogP contribution in [-0.4, -0.2) is 17.2 Å². The highest BCUT2D eigenvalue weighted by Gasteiger charge is 2.14. The van der Waals surface area contributed by atoms with Gasteiger partial charge in [0.15, 0.2) is 0 Å². The van der Waals surface area contributed by atoms with E-state index in [-0.39, 0.29) is 11.3 Å². The van der Waals surface area contributed by atoms with Gasteiger partial charge < -0.3 is 14.8 Å². The highest BCUT2D eigenvalue weighted by atomic mass is 16.5. The number of hydrogen-bond acceptors (Lipinski definition) is 3. The first-order valence-electron chi connectivity index (χ1n) is 6.85. The molecule has 4 heteroatoms. The second-order valence-corrected chi connectivity index (χ2v) is 4.86. The van der Waals surface area contributed by atoms with Crippen molar-refractivity contribution >= 4 is 0 Å². The van der Waals surface area contributed by atoms with Crippen LogP contribution in [0.1, 0.15) is 0 Å². The Bertz CT molecular complexity index is 836. The Hall–Kier alpha value is -3.01. The van der Waals surface area contributed by atoms with Gasteiger partial charge in [-0.25, -0.2) is 0 Å². The summed E-state index contributed by atoms with van der Waals surface area (Å²) >= 11 is 0. The average molecular weight is 293 g/mol. The fourth-order valence-corrected chi connectivity index (χ4v) is 2.42. The molecule has 22 heavy (non-hydrogen) atoms. The summed E-state index contributed by atoms with van der Waals surface area (Å²) in [5.74, 6) is 0.682. The SMILES string of the molecule is COc1ccc(-c2c(O)cc(=O)[nH]c2-c2ccccc2)cc1. The molecule has 0 fully saturated rings. The van der Waals surface area contributed by atoms with Crippen LogP contribution >= 0.6 is 0 Å². The van der Waals surface area contributed by atoms with E-state index in [1.165, 1.54) is 6.07 Å². The summed E-state index contributed by atoms with van der Waals surface area (Å²) in [6.07, 6.45) is 0. The molecule has 0 radical (unpaired) electrons. The zero-order valence-electron chi connectivity index (χ0n) is 12.0. The largest absolute Gasteiger partial charge is 0.507 e. The minimum Gasteiger partial charge on any atom is -0.507 e. The number of aromatic amines is 1. The summed E-state index contributed by atoms with van der Waals surface area (Å²) in [6, 6.07) is 17.9. The molecule has 3 rings (SSSR count). The molecule has 1 heterocycles. The Balaban J connectivity index is 2.23. The van der Waals surface area contributed by atoms with Crippen molar-refractivity contribution in [2.24, 2.45) is 0 Å². The number of benzene rings is 2. The number of methoxy groups -OCH3 is 1. The zero-order chi connectivity index (χ0) is 15.5. The van der Waals surface area contributed by atoms with Crippen molar-refractivity contribution in [3.8, 4) is 33.9 Å². The molecule has 2 N–H and O–H groups in total. The molecular formula is C18H15NO3. The molecular weight excluding hydrogens is 278 g/mol. The summed E-state index contributed by atoms with van der Waals surface area (Å²) in [5, 5.41) is 10.3. The molecule has 1 aromatic heterocycles. The summed E-state index contributed by atoms with van der Waals surface area (Å²) in [5.41, 5.74) is 2.48. The van der Waals surface area contributed by atoms with E-state index >= 15 is 0 Å². The Labute approximate surface area is 127 Å². The predicted octanol–water partition coefficient (Wildman–Crippen LogP) is 3.42. The molecule has 4 nitrogen and oxygen atoms in total. The van der Waals surface area contributed by atoms with E-state index in [1.807, 2.05) is 54.6 Å². The van der Waals surface area contributed by atoms with Crippen molar-refractivity contribution in [3.05, 3.63) is 71.0 Å². The minimum atomic E-state index is -0.339. The molecule has 3 aromatic rings. The van der Waals surface area contributed by atoms with Crippen LogP contribution in [0.3, 0.4) is 0 Å². The number of aromatic nitrogens is 1. The Morgan fingerprint density at radius 2 is 1.64 bits per heavy atom. The van der Waals surface area contributed by atoms with Gasteiger partial charge in [-0.1, -0.05) is 42.5 Å². The third kappa shape index (κ3) is 2.59. The van der Waals surface area contributed by atoms with E-state index in [2.05, 4.69) is 4.98 Å². The summed E-state index contributed by atoms with van der Waals surface area (Å²) in [7, 11) is 1.60. The van der Waals surface area contributed by atoms with Crippen LogP contribution in [-0.2, 0) is 0 Å². The molecule has 0 bridgehead atoms. The molecule has 0 saturated heterocycles. The Kier molecular flexibility index (Phi) is 3.66. The van der Waals surface area contributed by atoms with Gasteiger partial charge >= 0.3 is 0 Å². The van der Waals surface area contributed by atoms with Crippen molar-refractivity contribution in [1.82, 2.24) is 4.98 Å². The molecule has 0 aliphatic rings. The van der Waals surface area contributed by atoms with Crippen LogP contribution in [0, 0.1) is 0 Å². The number of aromatic hydroxyl groups is 1. The third-order valence-electron chi connectivity index (χ3n) is 3.46. The van der Waals surface area contributed by atoms with Gasteiger partial charge in [-0.05, 0) is 23.3 Å². The van der Waals surface area contributed by atoms with Gasteiger partial charge in [0, 0.05) is 11.6 Å². The number of hydrogen-bond donors (Lipinski definition) is 2. The molecule has 110 valence electrons. The first kappa shape index (κ1) is 13.9. The van der Waals surface area contributed by atoms with E-state index < -0.39 is 0 Å². The van der Waals surface area contributed by atoms with E-state index in [4.69, 9.17) is 4.74 Å². The first-order valence-corrected chi connectivity index (χ1v) is 6.85. The maximum absolute atomic E-state index is 11.7. The average Bonchev–Trinajstić information content (AvgIpc) is 2.55. The predicted molar refractivity (Wildman–Crippen MR) is 86.2 cm³/mol. The van der Waals surface area contributed by atoms with Crippen molar-refractivity contribution in [2.45, 2.75) is 0 Å². The van der Waals surface area contributed by atoms with E-state index in [1.54, 1.807) is 7.11 Å². The smallest absolute Gasteiger partial charge is 0.252 e. The van der Waals surface area contributed by atoms with Gasteiger partial charge in [0.1, 0.15) is 11.5 Å². The minimum absolute atomic E-state index is 0.0484. The van der Waals surface area contributed by atoms with Crippen LogP contribution in [0.5, 0.6) is 11.5 Å². The normalized spacial score (nSPS) is 10.4. The number of nitrogens with one attached hydrogen (secondary N) is 1. The topological polar surface area (TPSA) is 62.3 Å². The molecule has 0 aliphatic heterocycles. The molecule has 0 spiro atoms. The van der Waals surface area contributed by atoms with Gasteiger partial charge in [-0.2, -0.15) is 0 Å². The van der Waals surface area contributed by atoms with Gasteiger partial charge in [0.05, 0.1) is 12.8 Å². The summed E-state index contributed by atoms with van der Waals surface area (Å²) in [4.78, 5) is 14.5. The van der Waals surface area contributed by atoms with Gasteiger partial charge in [0.2, 0.25) is 0 Å². The second-order valence-electron chi connectivity index (χ2n) is 4.86. The lowest BCUT2D eigenvalue weighted by Crippen LogP contribution is -2.06. The fourth-order valence-electron chi connectivity index (χ4n) is 2.42. The summed E-state index contributed by atoms with van der Waals surface area (Å²) < 4.78 is 5.15. The lowest BCUT2D eigenvalue weighted by atomic mass is 9.98. The lowest BCUT2D eigenvalue weighted by Gasteiger charge is -2.12. The Morgan fingerprint density at radius 1 is 0.955 bits per heavy atom. The first-order chi connectivity index (χ1) is 10.7. The van der Waals surface area contributed by atoms with Crippen molar-refractivity contribution in [2.75, 3.05) is 7.11 Å². The Morgan fingerprint density at radius 3 is 2.27 bits per heavy atom. The number of ether oxygens (including phenoxy) is 1. The third-order valence-corrected chi connectivity index (χ3v) is 3.46. The highest BCUT2D eigenvalue weighted by molar-refractivity contribution is 5.84. The van der Waals surface area contributed by atoms with Gasteiger partial charge in [-0.3, -0.25) is 4.79 Å². The van der Waals surface area contributed by atoms with E-state index in [0.717, 1.165) is 16.9 Å². The molecule has 0 saturated carbocycles. The van der Waals surface area contributed by atoms with Crippen LogP contribution in [0.15, 0.2) is 65.5 Å². The zero-order valence-corrected chi connectivity index (χ0v) is 12.0. The van der Waals surface area contributed by atoms with Crippen LogP contribution in [0.4, 0.5) is 0 Å². The molecule has 0 unspecified atom stereocenters. The maximum Gasteiger partial charge on any atom is 0.252 e. The standard InChI is InChI=1S/C18H15NO3/c1-22-14-9-7-12(8-10-14)17-15(20)11-16(21)19-18(17)13-5-3-2-4-6-13/h2-11H,1H3,(H2,19,20,21). The highest BCUT2D eigenvalue weighted by Crippen LogP contribution is 2.36. The number of rotatable bonds is 3. The number of pyridine rings is 1. The molecule has 0 atom stereocenters. The maximum atomic E-state index is 11.7.